The van der Waals surface area contributed by atoms with E-state index in [1.807, 2.05) is 0 Å². The van der Waals surface area contributed by atoms with Crippen molar-refractivity contribution in [1.82, 2.24) is 9.88 Å². The van der Waals surface area contributed by atoms with E-state index in [2.05, 4.69) is 10.3 Å². The zero-order chi connectivity index (χ0) is 14.9. The standard InChI is InChI=1S/C11H9F4N3O2/c12-7-9(8(13)11(15)17-10(7)14)16-3-4-18-5(19)1-2-6(18)20/h1-4H2,(H,16,17). The maximum absolute atomic E-state index is 13.2. The predicted octanol–water partition coefficient (Wildman–Crippen LogP) is 1.20. The van der Waals surface area contributed by atoms with Crippen LogP contribution in [0.2, 0.25) is 0 Å². The molecule has 0 aliphatic carbocycles. The van der Waals surface area contributed by atoms with Gasteiger partial charge in [0, 0.05) is 25.9 Å². The van der Waals surface area contributed by atoms with Crippen LogP contribution in [0.5, 0.6) is 0 Å². The van der Waals surface area contributed by atoms with E-state index in [0.29, 0.717) is 0 Å². The highest BCUT2D eigenvalue weighted by Gasteiger charge is 2.28. The summed E-state index contributed by atoms with van der Waals surface area (Å²) in [5, 5.41) is 2.11. The largest absolute Gasteiger partial charge is 0.378 e. The number of rotatable bonds is 4. The Bertz CT molecular complexity index is 537. The molecule has 1 aliphatic rings. The highest BCUT2D eigenvalue weighted by molar-refractivity contribution is 6.01. The van der Waals surface area contributed by atoms with Crippen LogP contribution in [-0.4, -0.2) is 34.8 Å². The van der Waals surface area contributed by atoms with Gasteiger partial charge in [0.15, 0.2) is 0 Å². The number of pyridine rings is 1. The van der Waals surface area contributed by atoms with E-state index >= 15 is 0 Å². The Labute approximate surface area is 110 Å². The lowest BCUT2D eigenvalue weighted by Crippen LogP contribution is -2.33. The predicted molar refractivity (Wildman–Crippen MR) is 58.5 cm³/mol. The minimum Gasteiger partial charge on any atom is -0.378 e. The van der Waals surface area contributed by atoms with Gasteiger partial charge >= 0.3 is 0 Å². The maximum atomic E-state index is 13.2. The van der Waals surface area contributed by atoms with Crippen molar-refractivity contribution < 1.29 is 27.2 Å². The van der Waals surface area contributed by atoms with Gasteiger partial charge in [-0.15, -0.1) is 0 Å². The zero-order valence-corrected chi connectivity index (χ0v) is 10.1. The first-order valence-corrected chi connectivity index (χ1v) is 5.69. The molecule has 0 aromatic carbocycles. The molecular weight excluding hydrogens is 282 g/mol. The Hall–Kier alpha value is -2.19. The van der Waals surface area contributed by atoms with Crippen LogP contribution in [0.15, 0.2) is 0 Å². The van der Waals surface area contributed by atoms with Crippen LogP contribution < -0.4 is 5.32 Å². The van der Waals surface area contributed by atoms with Gasteiger partial charge < -0.3 is 5.32 Å². The Balaban J connectivity index is 2.05. The third kappa shape index (κ3) is 2.56. The number of nitrogens with one attached hydrogen (secondary N) is 1. The molecule has 20 heavy (non-hydrogen) atoms. The molecule has 108 valence electrons. The number of hydrogen-bond donors (Lipinski definition) is 1. The smallest absolute Gasteiger partial charge is 0.253 e. The third-order valence-electron chi connectivity index (χ3n) is 2.79. The molecule has 1 aromatic heterocycles. The van der Waals surface area contributed by atoms with E-state index in [9.17, 15) is 27.2 Å². The number of anilines is 1. The average Bonchev–Trinajstić information content (AvgIpc) is 2.71. The maximum Gasteiger partial charge on any atom is 0.253 e. The second kappa shape index (κ2) is 5.43. The van der Waals surface area contributed by atoms with Gasteiger partial charge in [0.05, 0.1) is 0 Å². The fraction of sp³-hybridized carbons (Fsp3) is 0.364. The fourth-order valence-electron chi connectivity index (χ4n) is 1.81. The molecule has 0 spiro atoms. The first-order valence-electron chi connectivity index (χ1n) is 5.69. The van der Waals surface area contributed by atoms with Crippen LogP contribution >= 0.6 is 0 Å². The SMILES string of the molecule is O=C1CCC(=O)N1CCNc1c(F)c(F)nc(F)c1F. The van der Waals surface area contributed by atoms with Crippen molar-refractivity contribution in [2.75, 3.05) is 18.4 Å². The second-order valence-electron chi connectivity index (χ2n) is 4.06. The summed E-state index contributed by atoms with van der Waals surface area (Å²) in [4.78, 5) is 25.9. The molecule has 1 aromatic rings. The van der Waals surface area contributed by atoms with Crippen molar-refractivity contribution in [1.29, 1.82) is 0 Å². The van der Waals surface area contributed by atoms with E-state index in [4.69, 9.17) is 0 Å². The van der Waals surface area contributed by atoms with Crippen molar-refractivity contribution in [2.24, 2.45) is 0 Å². The monoisotopic (exact) mass is 291 g/mol. The molecule has 5 nitrogen and oxygen atoms in total. The molecule has 2 amide bonds. The number of carbonyl (C=O) groups is 2. The number of nitrogens with zero attached hydrogens (tertiary/aromatic N) is 2. The number of hydrogen-bond acceptors (Lipinski definition) is 4. The molecule has 0 unspecified atom stereocenters. The number of amides is 2. The van der Waals surface area contributed by atoms with Gasteiger partial charge in [0.1, 0.15) is 5.69 Å². The molecule has 1 aliphatic heterocycles. The normalized spacial score (nSPS) is 15.1. The summed E-state index contributed by atoms with van der Waals surface area (Å²) in [6.45, 7) is -0.393. The summed E-state index contributed by atoms with van der Waals surface area (Å²) in [6.07, 6.45) is 0.167. The van der Waals surface area contributed by atoms with Crippen LogP contribution in [0, 0.1) is 23.5 Å². The van der Waals surface area contributed by atoms with E-state index in [1.54, 1.807) is 0 Å². The van der Waals surface area contributed by atoms with Crippen LogP contribution in [0.1, 0.15) is 12.8 Å². The number of imide groups is 1. The van der Waals surface area contributed by atoms with Gasteiger partial charge in [-0.05, 0) is 0 Å². The Morgan fingerprint density at radius 2 is 1.50 bits per heavy atom. The van der Waals surface area contributed by atoms with E-state index < -0.39 is 41.0 Å². The highest BCUT2D eigenvalue weighted by atomic mass is 19.2. The summed E-state index contributed by atoms with van der Waals surface area (Å²) in [5.74, 6) is -7.68. The molecule has 0 saturated carbocycles. The third-order valence-corrected chi connectivity index (χ3v) is 2.79. The van der Waals surface area contributed by atoms with Crippen molar-refractivity contribution >= 4 is 17.5 Å². The lowest BCUT2D eigenvalue weighted by molar-refractivity contribution is -0.138. The number of likely N-dealkylation sites (tertiary alicyclic amines) is 1. The van der Waals surface area contributed by atoms with E-state index in [1.165, 1.54) is 0 Å². The zero-order valence-electron chi connectivity index (χ0n) is 10.1. The average molecular weight is 291 g/mol. The first kappa shape index (κ1) is 14.2. The van der Waals surface area contributed by atoms with E-state index in [-0.39, 0.29) is 25.9 Å². The van der Waals surface area contributed by atoms with E-state index in [0.717, 1.165) is 4.90 Å². The summed E-state index contributed by atoms with van der Waals surface area (Å²) in [6, 6.07) is 0. The highest BCUT2D eigenvalue weighted by Crippen LogP contribution is 2.21. The molecule has 0 atom stereocenters. The van der Waals surface area contributed by atoms with Crippen LogP contribution in [0.3, 0.4) is 0 Å². The molecule has 9 heteroatoms. The van der Waals surface area contributed by atoms with Crippen LogP contribution in [0.25, 0.3) is 0 Å². The number of aromatic nitrogens is 1. The Kier molecular flexibility index (Phi) is 3.86. The Morgan fingerprint density at radius 3 is 2.00 bits per heavy atom. The lowest BCUT2D eigenvalue weighted by Gasteiger charge is -2.15. The number of carbonyl (C=O) groups excluding carboxylic acids is 2. The quantitative estimate of drug-likeness (QED) is 0.514. The molecule has 2 heterocycles. The molecule has 0 bridgehead atoms. The van der Waals surface area contributed by atoms with Crippen molar-refractivity contribution in [3.63, 3.8) is 0 Å². The van der Waals surface area contributed by atoms with Crippen molar-refractivity contribution in [3.05, 3.63) is 23.5 Å². The molecule has 2 rings (SSSR count). The summed E-state index contributed by atoms with van der Waals surface area (Å²) < 4.78 is 52.1. The fourth-order valence-corrected chi connectivity index (χ4v) is 1.81. The van der Waals surface area contributed by atoms with Crippen molar-refractivity contribution in [2.45, 2.75) is 12.8 Å². The minimum absolute atomic E-state index is 0.0834. The molecular formula is C11H9F4N3O2. The molecule has 1 fully saturated rings. The van der Waals surface area contributed by atoms with Crippen LogP contribution in [-0.2, 0) is 9.59 Å². The summed E-state index contributed by atoms with van der Waals surface area (Å²) in [7, 11) is 0. The van der Waals surface area contributed by atoms with Gasteiger partial charge in [-0.3, -0.25) is 14.5 Å². The first-order chi connectivity index (χ1) is 9.41. The van der Waals surface area contributed by atoms with Gasteiger partial charge in [0.25, 0.3) is 11.9 Å². The molecule has 1 saturated heterocycles. The van der Waals surface area contributed by atoms with Gasteiger partial charge in [-0.2, -0.15) is 22.5 Å². The van der Waals surface area contributed by atoms with Crippen LogP contribution in [0.4, 0.5) is 23.2 Å². The lowest BCUT2D eigenvalue weighted by atomic mass is 10.3. The second-order valence-corrected chi connectivity index (χ2v) is 4.06. The summed E-state index contributed by atoms with van der Waals surface area (Å²) in [5.41, 5.74) is -1.02. The topological polar surface area (TPSA) is 62.3 Å². The Morgan fingerprint density at radius 1 is 1.00 bits per heavy atom. The van der Waals surface area contributed by atoms with Gasteiger partial charge in [0.2, 0.25) is 23.4 Å². The number of halogens is 4. The summed E-state index contributed by atoms with van der Waals surface area (Å²) >= 11 is 0. The minimum atomic E-state index is -1.78. The van der Waals surface area contributed by atoms with Crippen molar-refractivity contribution in [3.8, 4) is 0 Å². The van der Waals surface area contributed by atoms with Gasteiger partial charge in [-0.25, -0.2) is 0 Å². The van der Waals surface area contributed by atoms with Gasteiger partial charge in [-0.1, -0.05) is 0 Å². The molecule has 0 radical (unpaired) electrons. The molecule has 1 N–H and O–H groups in total.